The lowest BCUT2D eigenvalue weighted by atomic mass is 10.0. The van der Waals surface area contributed by atoms with Gasteiger partial charge in [0.1, 0.15) is 29.8 Å². The van der Waals surface area contributed by atoms with Crippen LogP contribution in [0.1, 0.15) is 54.9 Å². The predicted molar refractivity (Wildman–Crippen MR) is 169 cm³/mol. The third kappa shape index (κ3) is 7.60. The second-order valence-electron chi connectivity index (χ2n) is 10.8. The molecule has 3 heterocycles. The average Bonchev–Trinajstić information content (AvgIpc) is 3.50. The quantitative estimate of drug-likeness (QED) is 0.144. The molecule has 5 rings (SSSR count). The van der Waals surface area contributed by atoms with Crippen molar-refractivity contribution in [2.24, 2.45) is 0 Å². The zero-order valence-corrected chi connectivity index (χ0v) is 26.6. The van der Waals surface area contributed by atoms with Gasteiger partial charge in [0.25, 0.3) is 0 Å². The lowest BCUT2D eigenvalue weighted by Gasteiger charge is -2.36. The van der Waals surface area contributed by atoms with E-state index in [1.54, 1.807) is 18.2 Å². The molecule has 1 aromatic heterocycles. The highest BCUT2D eigenvalue weighted by atomic mass is 35.5. The number of imidazole rings is 1. The average molecular weight is 685 g/mol. The number of fused-ring (bicyclic) bond motifs is 4. The highest BCUT2D eigenvalue weighted by Crippen LogP contribution is 2.40. The zero-order chi connectivity index (χ0) is 34.4. The van der Waals surface area contributed by atoms with Gasteiger partial charge in [0, 0.05) is 40.5 Å². The highest BCUT2D eigenvalue weighted by molar-refractivity contribution is 6.30. The molecule has 1 fully saturated rings. The molecule has 2 bridgehead atoms. The molecule has 0 spiro atoms. The second kappa shape index (κ2) is 15.0. The van der Waals surface area contributed by atoms with Crippen LogP contribution in [0.15, 0.2) is 48.6 Å². The number of ether oxygens (including phenoxy) is 4. The number of methoxy groups -OCH3 is 2. The minimum atomic E-state index is -3.09. The van der Waals surface area contributed by atoms with E-state index >= 15 is 0 Å². The summed E-state index contributed by atoms with van der Waals surface area (Å²) in [6.45, 7) is -2.94. The molecule has 2 aliphatic heterocycles. The van der Waals surface area contributed by atoms with Crippen LogP contribution in [0.25, 0.3) is 11.3 Å². The number of allylic oxidation sites excluding steroid dienone is 1. The second-order valence-corrected chi connectivity index (χ2v) is 11.2. The SMILES string of the molecule is COC(=O)Nc1ccc2c(c1)N[C@@H](C(=O)OC)CC/C=C/C[C@H](N1CCC(c3cc(Cl)ccc3OC(F)F)OC1=O)c1nc(C#N)c-2[nH]1. The Hall–Kier alpha value is -5.36. The summed E-state index contributed by atoms with van der Waals surface area (Å²) < 4.78 is 46.3. The maximum Gasteiger partial charge on any atom is 0.411 e. The summed E-state index contributed by atoms with van der Waals surface area (Å²) in [4.78, 5) is 47.4. The van der Waals surface area contributed by atoms with Crippen molar-refractivity contribution >= 4 is 41.1 Å². The van der Waals surface area contributed by atoms with Crippen LogP contribution in [-0.4, -0.2) is 66.4 Å². The van der Waals surface area contributed by atoms with E-state index < -0.39 is 43.0 Å². The van der Waals surface area contributed by atoms with Gasteiger partial charge in [-0.25, -0.2) is 19.4 Å². The third-order valence-corrected chi connectivity index (χ3v) is 8.08. The fourth-order valence-electron chi connectivity index (χ4n) is 5.60. The smallest absolute Gasteiger partial charge is 0.411 e. The Balaban J connectivity index is 1.52. The van der Waals surface area contributed by atoms with Crippen molar-refractivity contribution in [1.82, 2.24) is 14.9 Å². The molecule has 48 heavy (non-hydrogen) atoms. The third-order valence-electron chi connectivity index (χ3n) is 7.85. The molecular formula is C32H31ClF2N6O7. The molecule has 0 saturated carbocycles. The molecule has 0 aliphatic carbocycles. The molecule has 3 N–H and O–H groups in total. The molecule has 0 radical (unpaired) electrons. The first-order valence-electron chi connectivity index (χ1n) is 14.8. The normalized spacial score (nSPS) is 20.0. The van der Waals surface area contributed by atoms with Crippen LogP contribution < -0.4 is 15.4 Å². The summed E-state index contributed by atoms with van der Waals surface area (Å²) in [6.07, 6.45) is 2.60. The van der Waals surface area contributed by atoms with Crippen LogP contribution >= 0.6 is 11.6 Å². The van der Waals surface area contributed by atoms with E-state index in [0.717, 1.165) is 0 Å². The highest BCUT2D eigenvalue weighted by Gasteiger charge is 2.37. The summed E-state index contributed by atoms with van der Waals surface area (Å²) in [7, 11) is 2.50. The number of nitrogens with zero attached hydrogens (tertiary/aromatic N) is 3. The van der Waals surface area contributed by atoms with E-state index in [-0.39, 0.29) is 47.2 Å². The molecule has 1 unspecified atom stereocenters. The number of anilines is 2. The van der Waals surface area contributed by atoms with Gasteiger partial charge < -0.3 is 29.2 Å². The number of rotatable bonds is 6. The maximum absolute atomic E-state index is 13.5. The summed E-state index contributed by atoms with van der Waals surface area (Å²) >= 11 is 6.13. The fourth-order valence-corrected chi connectivity index (χ4v) is 5.78. The monoisotopic (exact) mass is 684 g/mol. The van der Waals surface area contributed by atoms with Crippen molar-refractivity contribution in [1.29, 1.82) is 5.26 Å². The minimum Gasteiger partial charge on any atom is -0.467 e. The van der Waals surface area contributed by atoms with Gasteiger partial charge in [-0.15, -0.1) is 0 Å². The molecule has 2 amide bonds. The topological polar surface area (TPSA) is 168 Å². The van der Waals surface area contributed by atoms with Crippen LogP contribution in [0.2, 0.25) is 5.02 Å². The standard InChI is InChI=1S/C32H31ClF2N6O7/c1-45-29(42)21-6-4-3-5-7-24(41-13-12-26(48-32(41)44)20-14-17(33)8-11-25(20)47-30(34)35)28-39-23(16-36)27(40-28)19-10-9-18(15-22(19)38-21)37-31(43)46-2/h3,5,8-11,14-15,21,24,26,30,38H,4,6-7,12-13H2,1-2H3,(H,37,43)(H,39,40)/b5-3+/t21-,24+,26?/m1/s1. The van der Waals surface area contributed by atoms with Crippen molar-refractivity contribution in [3.05, 3.63) is 70.7 Å². The number of halogens is 3. The Morgan fingerprint density at radius 1 is 1.17 bits per heavy atom. The first-order valence-corrected chi connectivity index (χ1v) is 15.2. The number of amides is 2. The number of nitrogens with one attached hydrogen (secondary N) is 3. The molecular weight excluding hydrogens is 654 g/mol. The Morgan fingerprint density at radius 2 is 1.98 bits per heavy atom. The van der Waals surface area contributed by atoms with Gasteiger partial charge in [0.15, 0.2) is 5.69 Å². The summed E-state index contributed by atoms with van der Waals surface area (Å²) in [5, 5.41) is 16.1. The Bertz CT molecular complexity index is 1760. The molecule has 2 aliphatic rings. The number of nitriles is 1. The summed E-state index contributed by atoms with van der Waals surface area (Å²) in [6, 6.07) is 9.50. The first kappa shape index (κ1) is 34.0. The molecule has 3 atom stereocenters. The van der Waals surface area contributed by atoms with Gasteiger partial charge in [0.2, 0.25) is 0 Å². The molecule has 13 nitrogen and oxygen atoms in total. The molecule has 16 heteroatoms. The van der Waals surface area contributed by atoms with Crippen LogP contribution in [0.5, 0.6) is 5.75 Å². The van der Waals surface area contributed by atoms with Gasteiger partial charge in [-0.3, -0.25) is 10.2 Å². The van der Waals surface area contributed by atoms with Crippen molar-refractivity contribution in [2.75, 3.05) is 31.4 Å². The Morgan fingerprint density at radius 3 is 2.69 bits per heavy atom. The number of aromatic nitrogens is 2. The lowest BCUT2D eigenvalue weighted by molar-refractivity contribution is -0.141. The van der Waals surface area contributed by atoms with Crippen LogP contribution in [-0.2, 0) is 19.0 Å². The maximum atomic E-state index is 13.5. The van der Waals surface area contributed by atoms with E-state index in [9.17, 15) is 28.4 Å². The molecule has 2 aromatic carbocycles. The number of hydrogen-bond acceptors (Lipinski definition) is 10. The number of H-pyrrole nitrogens is 1. The van der Waals surface area contributed by atoms with E-state index in [4.69, 9.17) is 25.8 Å². The molecule has 252 valence electrons. The minimum absolute atomic E-state index is 0.0124. The van der Waals surface area contributed by atoms with Gasteiger partial charge in [-0.1, -0.05) is 23.8 Å². The number of hydrogen-bond donors (Lipinski definition) is 3. The van der Waals surface area contributed by atoms with E-state index in [0.29, 0.717) is 35.5 Å². The van der Waals surface area contributed by atoms with Crippen LogP contribution in [0.3, 0.4) is 0 Å². The number of esters is 1. The van der Waals surface area contributed by atoms with Gasteiger partial charge in [-0.2, -0.15) is 14.0 Å². The number of alkyl halides is 2. The van der Waals surface area contributed by atoms with Gasteiger partial charge in [0.05, 0.1) is 26.0 Å². The lowest BCUT2D eigenvalue weighted by Crippen LogP contribution is -2.42. The number of carbonyl (C=O) groups excluding carboxylic acids is 3. The van der Waals surface area contributed by atoms with E-state index in [1.165, 1.54) is 37.3 Å². The van der Waals surface area contributed by atoms with Crippen molar-refractivity contribution in [3.8, 4) is 23.1 Å². The van der Waals surface area contributed by atoms with Crippen molar-refractivity contribution < 1.29 is 42.1 Å². The van der Waals surface area contributed by atoms with Crippen LogP contribution in [0.4, 0.5) is 29.7 Å². The van der Waals surface area contributed by atoms with Gasteiger partial charge >= 0.3 is 24.8 Å². The molecule has 1 saturated heterocycles. The van der Waals surface area contributed by atoms with E-state index in [2.05, 4.69) is 31.4 Å². The Kier molecular flexibility index (Phi) is 10.6. The number of carbonyl (C=O) groups is 3. The largest absolute Gasteiger partial charge is 0.467 e. The fraction of sp³-hybridized carbons (Fsp3) is 0.344. The predicted octanol–water partition coefficient (Wildman–Crippen LogP) is 6.70. The van der Waals surface area contributed by atoms with E-state index in [1.807, 2.05) is 12.2 Å². The van der Waals surface area contributed by atoms with Crippen molar-refractivity contribution in [3.63, 3.8) is 0 Å². The summed E-state index contributed by atoms with van der Waals surface area (Å²) in [5.41, 5.74) is 1.71. The number of benzene rings is 2. The van der Waals surface area contributed by atoms with Crippen LogP contribution in [0, 0.1) is 11.3 Å². The zero-order valence-electron chi connectivity index (χ0n) is 25.8. The number of aromatic amines is 1. The summed E-state index contributed by atoms with van der Waals surface area (Å²) in [5.74, 6) is -0.383. The Labute approximate surface area is 278 Å². The van der Waals surface area contributed by atoms with Gasteiger partial charge in [-0.05, 0) is 55.7 Å². The number of cyclic esters (lactones) is 1. The van der Waals surface area contributed by atoms with Crippen molar-refractivity contribution in [2.45, 2.75) is 50.5 Å². The first-order chi connectivity index (χ1) is 23.1. The molecule has 3 aromatic rings.